The summed E-state index contributed by atoms with van der Waals surface area (Å²) in [5.41, 5.74) is 9.22. The third-order valence-electron chi connectivity index (χ3n) is 2.92. The number of rotatable bonds is 3. The molecule has 1 heterocycles. The van der Waals surface area contributed by atoms with Gasteiger partial charge >= 0.3 is 6.09 Å². The van der Waals surface area contributed by atoms with Crippen LogP contribution in [0.2, 0.25) is 0 Å². The molecule has 0 radical (unpaired) electrons. The van der Waals surface area contributed by atoms with E-state index in [-0.39, 0.29) is 19.7 Å². The Morgan fingerprint density at radius 1 is 1.47 bits per heavy atom. The molecule has 7 nitrogen and oxygen atoms in total. The van der Waals surface area contributed by atoms with E-state index in [1.807, 2.05) is 30.3 Å². The molecule has 100 valence electrons. The standard InChI is InChI=1S/C12H14N4O3/c13-15-14-10-6-16(7-11(10)17)12(18)19-8-9-4-2-1-3-5-9/h1-5,10-11,17H,6-8H2/t10-,11+/m0/s1. The van der Waals surface area contributed by atoms with Crippen molar-refractivity contribution in [2.75, 3.05) is 13.1 Å². The van der Waals surface area contributed by atoms with Crippen LogP contribution < -0.4 is 0 Å². The average molecular weight is 262 g/mol. The molecule has 0 spiro atoms. The summed E-state index contributed by atoms with van der Waals surface area (Å²) in [6.45, 7) is 0.481. The lowest BCUT2D eigenvalue weighted by molar-refractivity contribution is 0.0971. The number of β-amino-alcohol motifs (C(OH)–C–C–N with tert-alkyl or cyclic N) is 1. The van der Waals surface area contributed by atoms with Crippen LogP contribution in [-0.4, -0.2) is 41.3 Å². The van der Waals surface area contributed by atoms with Gasteiger partial charge in [0.2, 0.25) is 0 Å². The molecule has 1 fully saturated rings. The first-order valence-corrected chi connectivity index (χ1v) is 5.88. The summed E-state index contributed by atoms with van der Waals surface area (Å²) in [4.78, 5) is 15.8. The van der Waals surface area contributed by atoms with E-state index in [9.17, 15) is 9.90 Å². The van der Waals surface area contributed by atoms with Gasteiger partial charge in [-0.3, -0.25) is 0 Å². The van der Waals surface area contributed by atoms with E-state index < -0.39 is 18.2 Å². The molecule has 1 aromatic carbocycles. The SMILES string of the molecule is [N-]=[N+]=N[C@H]1CN(C(=O)OCc2ccccc2)C[C@H]1O. The van der Waals surface area contributed by atoms with Crippen molar-refractivity contribution in [1.82, 2.24) is 4.90 Å². The fourth-order valence-electron chi connectivity index (χ4n) is 1.91. The van der Waals surface area contributed by atoms with Crippen LogP contribution in [0.15, 0.2) is 35.4 Å². The summed E-state index contributed by atoms with van der Waals surface area (Å²) in [5, 5.41) is 13.0. The van der Waals surface area contributed by atoms with Crippen LogP contribution in [0.5, 0.6) is 0 Å². The second-order valence-corrected chi connectivity index (χ2v) is 4.28. The molecule has 2 atom stereocenters. The zero-order valence-electron chi connectivity index (χ0n) is 10.2. The van der Waals surface area contributed by atoms with Gasteiger partial charge in [-0.25, -0.2) is 4.79 Å². The maximum atomic E-state index is 11.8. The van der Waals surface area contributed by atoms with Crippen molar-refractivity contribution >= 4 is 6.09 Å². The largest absolute Gasteiger partial charge is 0.445 e. The minimum atomic E-state index is -0.833. The number of carbonyl (C=O) groups excluding carboxylic acids is 1. The summed E-state index contributed by atoms with van der Waals surface area (Å²) in [6, 6.07) is 8.71. The number of ether oxygens (including phenoxy) is 1. The fraction of sp³-hybridized carbons (Fsp3) is 0.417. The van der Waals surface area contributed by atoms with Crippen molar-refractivity contribution in [2.24, 2.45) is 5.11 Å². The minimum Gasteiger partial charge on any atom is -0.445 e. The van der Waals surface area contributed by atoms with Crippen LogP contribution >= 0.6 is 0 Å². The molecule has 0 aromatic heterocycles. The van der Waals surface area contributed by atoms with Gasteiger partial charge in [-0.1, -0.05) is 35.4 Å². The lowest BCUT2D eigenvalue weighted by Gasteiger charge is -2.15. The maximum absolute atomic E-state index is 11.8. The zero-order chi connectivity index (χ0) is 13.7. The van der Waals surface area contributed by atoms with Crippen LogP contribution in [0.1, 0.15) is 5.56 Å². The van der Waals surface area contributed by atoms with Gasteiger partial charge in [0.05, 0.1) is 18.7 Å². The summed E-state index contributed by atoms with van der Waals surface area (Å²) >= 11 is 0. The monoisotopic (exact) mass is 262 g/mol. The van der Waals surface area contributed by atoms with Crippen LogP contribution in [0.3, 0.4) is 0 Å². The van der Waals surface area contributed by atoms with Crippen molar-refractivity contribution in [3.63, 3.8) is 0 Å². The van der Waals surface area contributed by atoms with Crippen LogP contribution in [-0.2, 0) is 11.3 Å². The fourth-order valence-corrected chi connectivity index (χ4v) is 1.91. The molecule has 0 bridgehead atoms. The lowest BCUT2D eigenvalue weighted by Crippen LogP contribution is -2.30. The van der Waals surface area contributed by atoms with E-state index in [0.29, 0.717) is 0 Å². The minimum absolute atomic E-state index is 0.122. The highest BCUT2D eigenvalue weighted by atomic mass is 16.6. The van der Waals surface area contributed by atoms with Crippen molar-refractivity contribution in [2.45, 2.75) is 18.8 Å². The smallest absolute Gasteiger partial charge is 0.410 e. The summed E-state index contributed by atoms with van der Waals surface area (Å²) in [7, 11) is 0. The second kappa shape index (κ2) is 6.08. The highest BCUT2D eigenvalue weighted by Crippen LogP contribution is 2.15. The molecule has 7 heteroatoms. The van der Waals surface area contributed by atoms with E-state index >= 15 is 0 Å². The van der Waals surface area contributed by atoms with Gasteiger partial charge < -0.3 is 14.7 Å². The predicted octanol–water partition coefficient (Wildman–Crippen LogP) is 1.68. The molecular weight excluding hydrogens is 248 g/mol. The maximum Gasteiger partial charge on any atom is 0.410 e. The first-order chi connectivity index (χ1) is 9.20. The molecular formula is C12H14N4O3. The molecule has 0 saturated carbocycles. The number of aliphatic hydroxyl groups is 1. The van der Waals surface area contributed by atoms with Crippen molar-refractivity contribution in [1.29, 1.82) is 0 Å². The number of nitrogens with zero attached hydrogens (tertiary/aromatic N) is 4. The molecule has 1 N–H and O–H groups in total. The number of carbonyl (C=O) groups is 1. The van der Waals surface area contributed by atoms with E-state index in [1.165, 1.54) is 4.90 Å². The summed E-state index contributed by atoms with van der Waals surface area (Å²) in [5.74, 6) is 0. The van der Waals surface area contributed by atoms with E-state index in [1.54, 1.807) is 0 Å². The number of benzene rings is 1. The molecule has 1 aliphatic rings. The van der Waals surface area contributed by atoms with Crippen LogP contribution in [0, 0.1) is 0 Å². The summed E-state index contributed by atoms with van der Waals surface area (Å²) in [6.07, 6.45) is -1.35. The number of amides is 1. The van der Waals surface area contributed by atoms with Crippen molar-refractivity contribution in [3.05, 3.63) is 46.3 Å². The first-order valence-electron chi connectivity index (χ1n) is 5.88. The van der Waals surface area contributed by atoms with Gasteiger partial charge in [-0.15, -0.1) is 0 Å². The second-order valence-electron chi connectivity index (χ2n) is 4.28. The van der Waals surface area contributed by atoms with Gasteiger partial charge in [0.25, 0.3) is 0 Å². The van der Waals surface area contributed by atoms with Gasteiger partial charge in [0.1, 0.15) is 6.61 Å². The van der Waals surface area contributed by atoms with Crippen LogP contribution in [0.25, 0.3) is 10.4 Å². The zero-order valence-corrected chi connectivity index (χ0v) is 10.2. The average Bonchev–Trinajstić information content (AvgIpc) is 2.79. The Labute approximate surface area is 110 Å². The molecule has 1 aliphatic heterocycles. The number of azide groups is 1. The highest BCUT2D eigenvalue weighted by Gasteiger charge is 2.34. The topological polar surface area (TPSA) is 98.5 Å². The summed E-state index contributed by atoms with van der Waals surface area (Å²) < 4.78 is 5.13. The quantitative estimate of drug-likeness (QED) is 0.509. The van der Waals surface area contributed by atoms with E-state index in [4.69, 9.17) is 10.3 Å². The third kappa shape index (κ3) is 3.37. The number of likely N-dealkylation sites (tertiary alicyclic amines) is 1. The Morgan fingerprint density at radius 2 is 2.21 bits per heavy atom. The number of aliphatic hydroxyl groups excluding tert-OH is 1. The van der Waals surface area contributed by atoms with Crippen molar-refractivity contribution in [3.8, 4) is 0 Å². The molecule has 0 aliphatic carbocycles. The predicted molar refractivity (Wildman–Crippen MR) is 67.1 cm³/mol. The Kier molecular flexibility index (Phi) is 4.22. The molecule has 1 amide bonds. The molecule has 1 saturated heterocycles. The number of hydrogen-bond acceptors (Lipinski definition) is 4. The molecule has 2 rings (SSSR count). The lowest BCUT2D eigenvalue weighted by atomic mass is 10.2. The molecule has 0 unspecified atom stereocenters. The highest BCUT2D eigenvalue weighted by molar-refractivity contribution is 5.68. The van der Waals surface area contributed by atoms with E-state index in [2.05, 4.69) is 10.0 Å². The molecule has 1 aromatic rings. The van der Waals surface area contributed by atoms with Gasteiger partial charge in [0.15, 0.2) is 0 Å². The van der Waals surface area contributed by atoms with Gasteiger partial charge in [0, 0.05) is 11.5 Å². The normalized spacial score (nSPS) is 21.8. The molecule has 19 heavy (non-hydrogen) atoms. The van der Waals surface area contributed by atoms with E-state index in [0.717, 1.165) is 5.56 Å². The van der Waals surface area contributed by atoms with Crippen molar-refractivity contribution < 1.29 is 14.6 Å². The Bertz CT molecular complexity index is 487. The Morgan fingerprint density at radius 3 is 2.89 bits per heavy atom. The first kappa shape index (κ1) is 13.2. The van der Waals surface area contributed by atoms with Crippen LogP contribution in [0.4, 0.5) is 4.79 Å². The Balaban J connectivity index is 1.86. The number of hydrogen-bond donors (Lipinski definition) is 1. The Hall–Kier alpha value is -2.24. The van der Waals surface area contributed by atoms with Gasteiger partial charge in [-0.2, -0.15) is 0 Å². The third-order valence-corrected chi connectivity index (χ3v) is 2.92. The van der Waals surface area contributed by atoms with Gasteiger partial charge in [-0.05, 0) is 11.1 Å².